The molecule has 1 fully saturated rings. The van der Waals surface area contributed by atoms with E-state index in [1.165, 1.54) is 22.9 Å². The SMILES string of the molecule is CCOc1ccc(-n2c(-c3ccccc3)cc(/C=C3/SC(=Nc4ccc(C)c(C)c4)NC3=O)c2-c2ccccc2)cc1. The van der Waals surface area contributed by atoms with Crippen LogP contribution in [0.15, 0.2) is 119 Å². The van der Waals surface area contributed by atoms with Crippen LogP contribution in [0.1, 0.15) is 23.6 Å². The maximum atomic E-state index is 13.2. The minimum Gasteiger partial charge on any atom is -0.494 e. The van der Waals surface area contributed by atoms with E-state index in [-0.39, 0.29) is 5.91 Å². The first-order chi connectivity index (χ1) is 20.5. The Balaban J connectivity index is 1.50. The number of nitrogens with zero attached hydrogens (tertiary/aromatic N) is 2. The predicted molar refractivity (Wildman–Crippen MR) is 175 cm³/mol. The summed E-state index contributed by atoms with van der Waals surface area (Å²) in [6, 6.07) is 37.0. The van der Waals surface area contributed by atoms with Crippen molar-refractivity contribution in [1.29, 1.82) is 0 Å². The Bertz CT molecular complexity index is 1800. The average Bonchev–Trinajstić information content (AvgIpc) is 3.56. The number of carbonyl (C=O) groups excluding carboxylic acids is 1. The summed E-state index contributed by atoms with van der Waals surface area (Å²) < 4.78 is 7.98. The molecule has 0 aliphatic carbocycles. The van der Waals surface area contributed by atoms with Crippen LogP contribution in [-0.4, -0.2) is 22.2 Å². The van der Waals surface area contributed by atoms with Crippen molar-refractivity contribution in [2.45, 2.75) is 20.8 Å². The monoisotopic (exact) mass is 569 g/mol. The third-order valence-electron chi connectivity index (χ3n) is 7.21. The molecule has 1 amide bonds. The van der Waals surface area contributed by atoms with Crippen LogP contribution in [-0.2, 0) is 4.79 Å². The molecule has 208 valence electrons. The van der Waals surface area contributed by atoms with Gasteiger partial charge < -0.3 is 14.6 Å². The number of ether oxygens (including phenoxy) is 1. The molecule has 1 N–H and O–H groups in total. The van der Waals surface area contributed by atoms with Crippen LogP contribution in [0, 0.1) is 13.8 Å². The Morgan fingerprint density at radius 1 is 0.833 bits per heavy atom. The molecule has 1 aromatic heterocycles. The molecule has 5 aromatic rings. The molecule has 0 saturated carbocycles. The first-order valence-corrected chi connectivity index (χ1v) is 14.8. The minimum absolute atomic E-state index is 0.156. The van der Waals surface area contributed by atoms with Crippen molar-refractivity contribution in [2.24, 2.45) is 4.99 Å². The van der Waals surface area contributed by atoms with Crippen LogP contribution >= 0.6 is 11.8 Å². The lowest BCUT2D eigenvalue weighted by Crippen LogP contribution is -2.19. The number of aryl methyl sites for hydroxylation is 2. The maximum Gasteiger partial charge on any atom is 0.264 e. The lowest BCUT2D eigenvalue weighted by atomic mass is 10.1. The van der Waals surface area contributed by atoms with Gasteiger partial charge in [-0.2, -0.15) is 0 Å². The van der Waals surface area contributed by atoms with E-state index in [1.54, 1.807) is 0 Å². The van der Waals surface area contributed by atoms with Crippen molar-refractivity contribution in [3.63, 3.8) is 0 Å². The molecule has 42 heavy (non-hydrogen) atoms. The summed E-state index contributed by atoms with van der Waals surface area (Å²) in [4.78, 5) is 18.5. The number of aromatic nitrogens is 1. The molecule has 6 heteroatoms. The van der Waals surface area contributed by atoms with Gasteiger partial charge in [0.1, 0.15) is 5.75 Å². The first kappa shape index (κ1) is 27.4. The van der Waals surface area contributed by atoms with Gasteiger partial charge in [-0.15, -0.1) is 0 Å². The fraction of sp³-hybridized carbons (Fsp3) is 0.111. The molecular weight excluding hydrogens is 538 g/mol. The molecule has 0 atom stereocenters. The number of amidine groups is 1. The molecule has 0 spiro atoms. The summed E-state index contributed by atoms with van der Waals surface area (Å²) in [5.74, 6) is 0.671. The highest BCUT2D eigenvalue weighted by atomic mass is 32.2. The second kappa shape index (κ2) is 12.0. The highest BCUT2D eigenvalue weighted by Crippen LogP contribution is 2.39. The largest absolute Gasteiger partial charge is 0.494 e. The van der Waals surface area contributed by atoms with Gasteiger partial charge in [0.2, 0.25) is 0 Å². The third-order valence-corrected chi connectivity index (χ3v) is 8.12. The van der Waals surface area contributed by atoms with Crippen molar-refractivity contribution < 1.29 is 9.53 Å². The Kier molecular flexibility index (Phi) is 7.80. The summed E-state index contributed by atoms with van der Waals surface area (Å²) in [6.45, 7) is 6.73. The fourth-order valence-electron chi connectivity index (χ4n) is 5.01. The summed E-state index contributed by atoms with van der Waals surface area (Å²) >= 11 is 1.36. The van der Waals surface area contributed by atoms with Gasteiger partial charge in [0, 0.05) is 11.3 Å². The highest BCUT2D eigenvalue weighted by Gasteiger charge is 2.26. The zero-order valence-electron chi connectivity index (χ0n) is 23.8. The molecule has 6 rings (SSSR count). The van der Waals surface area contributed by atoms with Gasteiger partial charge in [0.05, 0.1) is 28.6 Å². The zero-order chi connectivity index (χ0) is 29.1. The number of benzene rings is 4. The van der Waals surface area contributed by atoms with Crippen molar-refractivity contribution in [2.75, 3.05) is 6.61 Å². The number of aliphatic imine (C=N–C) groups is 1. The Labute approximate surface area is 250 Å². The normalized spacial score (nSPS) is 14.9. The quantitative estimate of drug-likeness (QED) is 0.199. The molecule has 1 saturated heterocycles. The van der Waals surface area contributed by atoms with Crippen LogP contribution < -0.4 is 10.1 Å². The lowest BCUT2D eigenvalue weighted by molar-refractivity contribution is -0.115. The molecule has 5 nitrogen and oxygen atoms in total. The van der Waals surface area contributed by atoms with E-state index >= 15 is 0 Å². The first-order valence-electron chi connectivity index (χ1n) is 14.0. The van der Waals surface area contributed by atoms with Crippen molar-refractivity contribution in [3.8, 4) is 34.0 Å². The smallest absolute Gasteiger partial charge is 0.264 e. The Hall–Kier alpha value is -4.81. The number of hydrogen-bond acceptors (Lipinski definition) is 4. The van der Waals surface area contributed by atoms with Crippen LogP contribution in [0.4, 0.5) is 5.69 Å². The summed E-state index contributed by atoms with van der Waals surface area (Å²) in [5.41, 5.74) is 9.29. The number of carbonyl (C=O) groups is 1. The Morgan fingerprint density at radius 2 is 1.52 bits per heavy atom. The van der Waals surface area contributed by atoms with Gasteiger partial charge in [-0.25, -0.2) is 4.99 Å². The van der Waals surface area contributed by atoms with E-state index in [0.29, 0.717) is 16.7 Å². The Morgan fingerprint density at radius 3 is 2.19 bits per heavy atom. The van der Waals surface area contributed by atoms with Crippen molar-refractivity contribution in [3.05, 3.63) is 131 Å². The van der Waals surface area contributed by atoms with E-state index in [0.717, 1.165) is 45.2 Å². The third kappa shape index (κ3) is 5.67. The number of thioether (sulfide) groups is 1. The van der Waals surface area contributed by atoms with E-state index in [2.05, 4.69) is 66.2 Å². The van der Waals surface area contributed by atoms with E-state index in [4.69, 9.17) is 9.73 Å². The van der Waals surface area contributed by atoms with Crippen LogP contribution in [0.5, 0.6) is 5.75 Å². The van der Waals surface area contributed by atoms with Gasteiger partial charge in [0.25, 0.3) is 5.91 Å². The number of nitrogens with one attached hydrogen (secondary N) is 1. The number of rotatable bonds is 7. The molecule has 0 radical (unpaired) electrons. The summed E-state index contributed by atoms with van der Waals surface area (Å²) in [5, 5.41) is 3.53. The molecule has 2 heterocycles. The van der Waals surface area contributed by atoms with E-state index in [1.807, 2.05) is 79.7 Å². The van der Waals surface area contributed by atoms with Gasteiger partial charge in [0.15, 0.2) is 5.17 Å². The highest BCUT2D eigenvalue weighted by molar-refractivity contribution is 8.18. The maximum absolute atomic E-state index is 13.2. The summed E-state index contributed by atoms with van der Waals surface area (Å²) in [6.07, 6.45) is 1.97. The van der Waals surface area contributed by atoms with E-state index in [9.17, 15) is 4.79 Å². The number of amides is 1. The topological polar surface area (TPSA) is 55.6 Å². The predicted octanol–water partition coefficient (Wildman–Crippen LogP) is 8.72. The zero-order valence-corrected chi connectivity index (χ0v) is 24.6. The average molecular weight is 570 g/mol. The van der Waals surface area contributed by atoms with Gasteiger partial charge in [-0.1, -0.05) is 66.7 Å². The van der Waals surface area contributed by atoms with Crippen molar-refractivity contribution in [1.82, 2.24) is 9.88 Å². The van der Waals surface area contributed by atoms with E-state index < -0.39 is 0 Å². The summed E-state index contributed by atoms with van der Waals surface area (Å²) in [7, 11) is 0. The van der Waals surface area contributed by atoms with Gasteiger partial charge in [-0.05, 0) is 103 Å². The second-order valence-corrected chi connectivity index (χ2v) is 11.1. The second-order valence-electron chi connectivity index (χ2n) is 10.1. The molecule has 4 aromatic carbocycles. The minimum atomic E-state index is -0.156. The number of hydrogen-bond donors (Lipinski definition) is 1. The molecule has 1 aliphatic rings. The molecule has 0 unspecified atom stereocenters. The molecule has 1 aliphatic heterocycles. The van der Waals surface area contributed by atoms with Crippen LogP contribution in [0.3, 0.4) is 0 Å². The van der Waals surface area contributed by atoms with Gasteiger partial charge >= 0.3 is 0 Å². The van der Waals surface area contributed by atoms with Gasteiger partial charge in [-0.3, -0.25) is 4.79 Å². The molecule has 0 bridgehead atoms. The fourth-order valence-corrected chi connectivity index (χ4v) is 5.85. The van der Waals surface area contributed by atoms with Crippen molar-refractivity contribution >= 4 is 34.6 Å². The molecular formula is C36H31N3O2S. The standard InChI is InChI=1S/C36H31N3O2S/c1-4-41-31-19-17-30(18-20-31)39-32(26-11-7-5-8-12-26)22-28(34(39)27-13-9-6-10-14-27)23-33-35(40)38-36(42-33)37-29-16-15-24(2)25(3)21-29/h5-23H,4H2,1-3H3,(H,37,38,40)/b33-23+. The van der Waals surface area contributed by atoms with Crippen LogP contribution in [0.25, 0.3) is 34.3 Å². The lowest BCUT2D eigenvalue weighted by Gasteiger charge is -2.16. The van der Waals surface area contributed by atoms with Crippen LogP contribution in [0.2, 0.25) is 0 Å².